The van der Waals surface area contributed by atoms with Gasteiger partial charge in [-0.25, -0.2) is 14.6 Å². The predicted octanol–water partition coefficient (Wildman–Crippen LogP) is 6.00. The number of nitrogens with zero attached hydrogens (tertiary/aromatic N) is 1. The summed E-state index contributed by atoms with van der Waals surface area (Å²) in [5, 5.41) is 0. The molecule has 0 unspecified atom stereocenters. The van der Waals surface area contributed by atoms with Crippen LogP contribution in [-0.4, -0.2) is 30.1 Å². The highest BCUT2D eigenvalue weighted by molar-refractivity contribution is 5.92. The first-order chi connectivity index (χ1) is 15.1. The monoisotopic (exact) mass is 427 g/mol. The second kappa shape index (κ2) is 14.2. The number of unbranched alkanes of at least 4 members (excludes halogenated alkanes) is 7. The summed E-state index contributed by atoms with van der Waals surface area (Å²) in [6.07, 6.45) is 10.1. The first-order valence-corrected chi connectivity index (χ1v) is 11.2. The third kappa shape index (κ3) is 9.20. The summed E-state index contributed by atoms with van der Waals surface area (Å²) in [6, 6.07) is 11.5. The Kier molecular flexibility index (Phi) is 11.1. The standard InChI is InChI=1S/C25H33NO5/c1-3-5-6-7-8-9-10-11-19-30-20-15-17-21(18-16-20)31-25(28)23-14-12-13-22(26-23)24(27)29-4-2/h12-18H,3-11,19H2,1-2H3. The van der Waals surface area contributed by atoms with Crippen LogP contribution in [0.2, 0.25) is 0 Å². The smallest absolute Gasteiger partial charge is 0.362 e. The van der Waals surface area contributed by atoms with Crippen LogP contribution in [0.15, 0.2) is 42.5 Å². The molecule has 0 spiro atoms. The molecular formula is C25H33NO5. The average molecular weight is 428 g/mol. The Bertz CT molecular complexity index is 804. The summed E-state index contributed by atoms with van der Waals surface area (Å²) in [5.41, 5.74) is 0.113. The number of pyridine rings is 1. The highest BCUT2D eigenvalue weighted by Gasteiger charge is 2.15. The third-order valence-electron chi connectivity index (χ3n) is 4.74. The summed E-state index contributed by atoms with van der Waals surface area (Å²) < 4.78 is 16.0. The van der Waals surface area contributed by atoms with Crippen LogP contribution >= 0.6 is 0 Å². The zero-order chi connectivity index (χ0) is 22.3. The van der Waals surface area contributed by atoms with Crippen LogP contribution in [0, 0.1) is 0 Å². The molecule has 0 saturated heterocycles. The molecule has 1 heterocycles. The lowest BCUT2D eigenvalue weighted by molar-refractivity contribution is 0.0519. The number of aromatic nitrogens is 1. The van der Waals surface area contributed by atoms with Crippen molar-refractivity contribution in [2.75, 3.05) is 13.2 Å². The van der Waals surface area contributed by atoms with E-state index in [1.165, 1.54) is 57.1 Å². The lowest BCUT2D eigenvalue weighted by Crippen LogP contribution is -2.14. The molecular weight excluding hydrogens is 394 g/mol. The topological polar surface area (TPSA) is 74.7 Å². The van der Waals surface area contributed by atoms with E-state index in [1.54, 1.807) is 37.3 Å². The number of hydrogen-bond acceptors (Lipinski definition) is 6. The Morgan fingerprint density at radius 1 is 0.742 bits per heavy atom. The van der Waals surface area contributed by atoms with E-state index in [1.807, 2.05) is 0 Å². The summed E-state index contributed by atoms with van der Waals surface area (Å²) >= 11 is 0. The van der Waals surface area contributed by atoms with Crippen LogP contribution in [0.5, 0.6) is 11.5 Å². The Hall–Kier alpha value is -2.89. The van der Waals surface area contributed by atoms with Crippen LogP contribution in [0.3, 0.4) is 0 Å². The van der Waals surface area contributed by atoms with Gasteiger partial charge in [0.25, 0.3) is 0 Å². The van der Waals surface area contributed by atoms with Crippen molar-refractivity contribution in [3.05, 3.63) is 53.9 Å². The fourth-order valence-electron chi connectivity index (χ4n) is 3.06. The van der Waals surface area contributed by atoms with Gasteiger partial charge in [0.1, 0.15) is 22.9 Å². The van der Waals surface area contributed by atoms with Crippen LogP contribution in [0.4, 0.5) is 0 Å². The van der Waals surface area contributed by atoms with Gasteiger partial charge in [0, 0.05) is 0 Å². The second-order valence-electron chi connectivity index (χ2n) is 7.31. The van der Waals surface area contributed by atoms with Crippen LogP contribution in [0.1, 0.15) is 86.2 Å². The van der Waals surface area contributed by atoms with E-state index in [9.17, 15) is 9.59 Å². The molecule has 0 saturated carbocycles. The zero-order valence-electron chi connectivity index (χ0n) is 18.6. The number of rotatable bonds is 14. The molecule has 0 aliphatic rings. The fourth-order valence-corrected chi connectivity index (χ4v) is 3.06. The van der Waals surface area contributed by atoms with Gasteiger partial charge in [-0.05, 0) is 49.7 Å². The third-order valence-corrected chi connectivity index (χ3v) is 4.74. The Labute approximate surface area is 184 Å². The molecule has 6 nitrogen and oxygen atoms in total. The van der Waals surface area contributed by atoms with Crippen molar-refractivity contribution in [1.82, 2.24) is 4.98 Å². The fraction of sp³-hybridized carbons (Fsp3) is 0.480. The summed E-state index contributed by atoms with van der Waals surface area (Å²) in [4.78, 5) is 28.1. The van der Waals surface area contributed by atoms with E-state index in [-0.39, 0.29) is 18.0 Å². The quantitative estimate of drug-likeness (QED) is 0.209. The van der Waals surface area contributed by atoms with Crippen molar-refractivity contribution in [2.24, 2.45) is 0 Å². The van der Waals surface area contributed by atoms with Gasteiger partial charge < -0.3 is 14.2 Å². The van der Waals surface area contributed by atoms with E-state index in [4.69, 9.17) is 14.2 Å². The van der Waals surface area contributed by atoms with Gasteiger partial charge in [-0.3, -0.25) is 0 Å². The van der Waals surface area contributed by atoms with Gasteiger partial charge in [0.2, 0.25) is 0 Å². The molecule has 1 aromatic heterocycles. The minimum atomic E-state index is -0.640. The van der Waals surface area contributed by atoms with Crippen molar-refractivity contribution in [3.8, 4) is 11.5 Å². The van der Waals surface area contributed by atoms with E-state index >= 15 is 0 Å². The second-order valence-corrected chi connectivity index (χ2v) is 7.31. The molecule has 31 heavy (non-hydrogen) atoms. The van der Waals surface area contributed by atoms with Crippen molar-refractivity contribution < 1.29 is 23.8 Å². The van der Waals surface area contributed by atoms with Gasteiger partial charge in [-0.2, -0.15) is 0 Å². The van der Waals surface area contributed by atoms with Crippen LogP contribution in [-0.2, 0) is 4.74 Å². The maximum Gasteiger partial charge on any atom is 0.362 e. The van der Waals surface area contributed by atoms with Gasteiger partial charge in [0.15, 0.2) is 0 Å². The molecule has 0 atom stereocenters. The SMILES string of the molecule is CCCCCCCCCCOc1ccc(OC(=O)c2cccc(C(=O)OCC)n2)cc1. The Morgan fingerprint density at radius 3 is 1.97 bits per heavy atom. The molecule has 1 aromatic carbocycles. The normalized spacial score (nSPS) is 10.5. The number of esters is 2. The molecule has 0 fully saturated rings. The average Bonchev–Trinajstić information content (AvgIpc) is 2.79. The summed E-state index contributed by atoms with van der Waals surface area (Å²) in [7, 11) is 0. The minimum Gasteiger partial charge on any atom is -0.494 e. The molecule has 0 radical (unpaired) electrons. The largest absolute Gasteiger partial charge is 0.494 e. The van der Waals surface area contributed by atoms with Crippen LogP contribution in [0.25, 0.3) is 0 Å². The Balaban J connectivity index is 1.73. The van der Waals surface area contributed by atoms with Crippen molar-refractivity contribution in [1.29, 1.82) is 0 Å². The van der Waals surface area contributed by atoms with Crippen molar-refractivity contribution >= 4 is 11.9 Å². The van der Waals surface area contributed by atoms with E-state index in [0.717, 1.165) is 12.2 Å². The van der Waals surface area contributed by atoms with Gasteiger partial charge in [-0.1, -0.05) is 57.9 Å². The molecule has 0 bridgehead atoms. The molecule has 6 heteroatoms. The molecule has 0 amide bonds. The molecule has 0 aliphatic heterocycles. The highest BCUT2D eigenvalue weighted by Crippen LogP contribution is 2.19. The number of ether oxygens (including phenoxy) is 3. The number of carbonyl (C=O) groups excluding carboxylic acids is 2. The molecule has 0 N–H and O–H groups in total. The molecule has 0 aliphatic carbocycles. The van der Waals surface area contributed by atoms with E-state index in [0.29, 0.717) is 12.4 Å². The highest BCUT2D eigenvalue weighted by atomic mass is 16.5. The lowest BCUT2D eigenvalue weighted by atomic mass is 10.1. The number of carbonyl (C=O) groups is 2. The first kappa shape index (κ1) is 24.4. The first-order valence-electron chi connectivity index (χ1n) is 11.2. The van der Waals surface area contributed by atoms with Crippen molar-refractivity contribution in [3.63, 3.8) is 0 Å². The predicted molar refractivity (Wildman–Crippen MR) is 120 cm³/mol. The summed E-state index contributed by atoms with van der Waals surface area (Å²) in [6.45, 7) is 4.86. The number of benzene rings is 1. The van der Waals surface area contributed by atoms with Gasteiger partial charge >= 0.3 is 11.9 Å². The maximum absolute atomic E-state index is 12.3. The van der Waals surface area contributed by atoms with Crippen molar-refractivity contribution in [2.45, 2.75) is 65.2 Å². The molecule has 168 valence electrons. The zero-order valence-corrected chi connectivity index (χ0v) is 18.6. The summed E-state index contributed by atoms with van der Waals surface area (Å²) in [5.74, 6) is -0.0909. The lowest BCUT2D eigenvalue weighted by Gasteiger charge is -2.08. The van der Waals surface area contributed by atoms with Crippen LogP contribution < -0.4 is 9.47 Å². The minimum absolute atomic E-state index is 0.0422. The van der Waals surface area contributed by atoms with E-state index in [2.05, 4.69) is 11.9 Å². The maximum atomic E-state index is 12.3. The Morgan fingerprint density at radius 2 is 1.32 bits per heavy atom. The molecule has 2 rings (SSSR count). The number of hydrogen-bond donors (Lipinski definition) is 0. The molecule has 2 aromatic rings. The van der Waals surface area contributed by atoms with Gasteiger partial charge in [-0.15, -0.1) is 0 Å². The van der Waals surface area contributed by atoms with Gasteiger partial charge in [0.05, 0.1) is 13.2 Å². The van der Waals surface area contributed by atoms with E-state index < -0.39 is 11.9 Å².